The molecule has 0 N–H and O–H groups in total. The zero-order valence-electron chi connectivity index (χ0n) is 10.6. The van der Waals surface area contributed by atoms with Gasteiger partial charge in [0.15, 0.2) is 5.17 Å². The van der Waals surface area contributed by atoms with Gasteiger partial charge in [0.05, 0.1) is 4.91 Å². The van der Waals surface area contributed by atoms with Gasteiger partial charge < -0.3 is 4.90 Å². The van der Waals surface area contributed by atoms with Crippen LogP contribution in [-0.2, 0) is 4.79 Å². The van der Waals surface area contributed by atoms with Crippen molar-refractivity contribution in [3.63, 3.8) is 0 Å². The Bertz CT molecular complexity index is 601. The highest BCUT2D eigenvalue weighted by atomic mass is 35.5. The molecule has 1 fully saturated rings. The number of carbonyl (C=O) groups excluding carboxylic acids is 1. The molecule has 2 heterocycles. The predicted molar refractivity (Wildman–Crippen MR) is 85.3 cm³/mol. The fourth-order valence-corrected chi connectivity index (χ4v) is 3.67. The normalized spacial score (nSPS) is 20.9. The molecule has 2 aliphatic rings. The third kappa shape index (κ3) is 2.73. The van der Waals surface area contributed by atoms with E-state index in [4.69, 9.17) is 23.2 Å². The second kappa shape index (κ2) is 5.80. The molecule has 0 saturated carbocycles. The van der Waals surface area contributed by atoms with Gasteiger partial charge in [-0.2, -0.15) is 4.99 Å². The van der Waals surface area contributed by atoms with Crippen LogP contribution < -0.4 is 0 Å². The second-order valence-electron chi connectivity index (χ2n) is 4.64. The number of rotatable bonds is 1. The van der Waals surface area contributed by atoms with Crippen molar-refractivity contribution in [2.24, 2.45) is 4.99 Å². The quantitative estimate of drug-likeness (QED) is 0.729. The minimum absolute atomic E-state index is 0.215. The van der Waals surface area contributed by atoms with E-state index < -0.39 is 0 Å². The van der Waals surface area contributed by atoms with E-state index in [2.05, 4.69) is 9.89 Å². The summed E-state index contributed by atoms with van der Waals surface area (Å²) in [4.78, 5) is 18.8. The third-order valence-electron chi connectivity index (χ3n) is 3.26. The first-order chi connectivity index (χ1) is 9.65. The Labute approximate surface area is 131 Å². The Hall–Kier alpha value is -0.970. The van der Waals surface area contributed by atoms with E-state index in [-0.39, 0.29) is 5.91 Å². The van der Waals surface area contributed by atoms with Crippen molar-refractivity contribution in [2.75, 3.05) is 13.1 Å². The van der Waals surface area contributed by atoms with Crippen LogP contribution >= 0.6 is 35.0 Å². The van der Waals surface area contributed by atoms with Crippen LogP contribution in [0.3, 0.4) is 0 Å². The number of hydrogen-bond acceptors (Lipinski definition) is 3. The smallest absolute Gasteiger partial charge is 0.286 e. The Morgan fingerprint density at radius 1 is 1.20 bits per heavy atom. The molecule has 2 aliphatic heterocycles. The van der Waals surface area contributed by atoms with Gasteiger partial charge in [-0.3, -0.25) is 4.79 Å². The molecule has 1 aromatic carbocycles. The van der Waals surface area contributed by atoms with E-state index in [0.717, 1.165) is 31.1 Å². The van der Waals surface area contributed by atoms with E-state index in [1.807, 2.05) is 0 Å². The molecule has 0 radical (unpaired) electrons. The first-order valence-corrected chi connectivity index (χ1v) is 7.94. The van der Waals surface area contributed by atoms with E-state index in [1.165, 1.54) is 11.8 Å². The maximum Gasteiger partial charge on any atom is 0.286 e. The molecule has 0 aliphatic carbocycles. The van der Waals surface area contributed by atoms with E-state index in [0.29, 0.717) is 20.5 Å². The first kappa shape index (κ1) is 14.0. The lowest BCUT2D eigenvalue weighted by Crippen LogP contribution is -2.23. The van der Waals surface area contributed by atoms with E-state index in [1.54, 1.807) is 24.3 Å². The number of halogens is 2. The zero-order chi connectivity index (χ0) is 14.1. The Balaban J connectivity index is 1.86. The predicted octanol–water partition coefficient (Wildman–Crippen LogP) is 4.06. The summed E-state index contributed by atoms with van der Waals surface area (Å²) < 4.78 is 0. The molecule has 1 amide bonds. The third-order valence-corrected chi connectivity index (χ3v) is 4.96. The molecular formula is C14H12Cl2N2OS. The van der Waals surface area contributed by atoms with Crippen molar-refractivity contribution in [1.82, 2.24) is 4.90 Å². The molecule has 1 aromatic rings. The number of thioether (sulfide) groups is 1. The SMILES string of the molecule is O=C1N=C(N2CCCC2)SC1=Cc1c(Cl)cccc1Cl. The average Bonchev–Trinajstić information content (AvgIpc) is 3.04. The highest BCUT2D eigenvalue weighted by molar-refractivity contribution is 8.18. The van der Waals surface area contributed by atoms with Crippen LogP contribution in [0.1, 0.15) is 18.4 Å². The molecular weight excluding hydrogens is 315 g/mol. The van der Waals surface area contributed by atoms with Gasteiger partial charge in [-0.15, -0.1) is 0 Å². The molecule has 20 heavy (non-hydrogen) atoms. The number of amides is 1. The summed E-state index contributed by atoms with van der Waals surface area (Å²) in [5.74, 6) is -0.215. The van der Waals surface area contributed by atoms with Crippen LogP contribution in [0.4, 0.5) is 0 Å². The largest absolute Gasteiger partial charge is 0.351 e. The van der Waals surface area contributed by atoms with E-state index in [9.17, 15) is 4.79 Å². The number of benzene rings is 1. The lowest BCUT2D eigenvalue weighted by atomic mass is 10.2. The summed E-state index contributed by atoms with van der Waals surface area (Å²) in [6, 6.07) is 5.29. The van der Waals surface area contributed by atoms with Crippen molar-refractivity contribution in [1.29, 1.82) is 0 Å². The Morgan fingerprint density at radius 2 is 1.85 bits per heavy atom. The molecule has 0 bridgehead atoms. The molecule has 0 spiro atoms. The molecule has 0 unspecified atom stereocenters. The van der Waals surface area contributed by atoms with Gasteiger partial charge in [-0.05, 0) is 42.8 Å². The number of amidine groups is 1. The maximum absolute atomic E-state index is 12.0. The first-order valence-electron chi connectivity index (χ1n) is 6.36. The lowest BCUT2D eigenvalue weighted by molar-refractivity contribution is -0.113. The molecule has 1 saturated heterocycles. The standard InChI is InChI=1S/C14H12Cl2N2OS/c15-10-4-3-5-11(16)9(10)8-12-13(19)17-14(20-12)18-6-1-2-7-18/h3-5,8H,1-2,6-7H2. The van der Waals surface area contributed by atoms with Crippen LogP contribution in [-0.4, -0.2) is 29.1 Å². The van der Waals surface area contributed by atoms with Crippen LogP contribution in [0.25, 0.3) is 6.08 Å². The second-order valence-corrected chi connectivity index (χ2v) is 6.46. The van der Waals surface area contributed by atoms with E-state index >= 15 is 0 Å². The maximum atomic E-state index is 12.0. The van der Waals surface area contributed by atoms with Crippen molar-refractivity contribution in [3.05, 3.63) is 38.7 Å². The number of hydrogen-bond donors (Lipinski definition) is 0. The lowest BCUT2D eigenvalue weighted by Gasteiger charge is -2.14. The van der Waals surface area contributed by atoms with Gasteiger partial charge in [0, 0.05) is 28.7 Å². The van der Waals surface area contributed by atoms with Crippen LogP contribution in [0.2, 0.25) is 10.0 Å². The summed E-state index contributed by atoms with van der Waals surface area (Å²) in [6.07, 6.45) is 4.04. The van der Waals surface area contributed by atoms with Gasteiger partial charge in [0.1, 0.15) is 0 Å². The molecule has 0 atom stereocenters. The Kier molecular flexibility index (Phi) is 4.06. The highest BCUT2D eigenvalue weighted by Gasteiger charge is 2.27. The average molecular weight is 327 g/mol. The minimum Gasteiger partial charge on any atom is -0.351 e. The summed E-state index contributed by atoms with van der Waals surface area (Å²) in [6.45, 7) is 1.94. The molecule has 6 heteroatoms. The molecule has 3 nitrogen and oxygen atoms in total. The van der Waals surface area contributed by atoms with Gasteiger partial charge in [0.25, 0.3) is 5.91 Å². The highest BCUT2D eigenvalue weighted by Crippen LogP contribution is 2.34. The fraction of sp³-hybridized carbons (Fsp3) is 0.286. The van der Waals surface area contributed by atoms with Crippen LogP contribution in [0, 0.1) is 0 Å². The van der Waals surface area contributed by atoms with Crippen LogP contribution in [0.15, 0.2) is 28.1 Å². The summed E-state index contributed by atoms with van der Waals surface area (Å²) in [5.41, 5.74) is 0.671. The summed E-state index contributed by atoms with van der Waals surface area (Å²) >= 11 is 13.6. The van der Waals surface area contributed by atoms with Gasteiger partial charge in [-0.25, -0.2) is 0 Å². The molecule has 0 aromatic heterocycles. The van der Waals surface area contributed by atoms with Crippen molar-refractivity contribution in [3.8, 4) is 0 Å². The number of nitrogens with zero attached hydrogens (tertiary/aromatic N) is 2. The summed E-state index contributed by atoms with van der Waals surface area (Å²) in [5, 5.41) is 1.86. The molecule has 3 rings (SSSR count). The topological polar surface area (TPSA) is 32.7 Å². The monoisotopic (exact) mass is 326 g/mol. The fourth-order valence-electron chi connectivity index (χ4n) is 2.22. The summed E-state index contributed by atoms with van der Waals surface area (Å²) in [7, 11) is 0. The van der Waals surface area contributed by atoms with Crippen molar-refractivity contribution < 1.29 is 4.79 Å². The van der Waals surface area contributed by atoms with Crippen molar-refractivity contribution >= 4 is 52.1 Å². The number of carbonyl (C=O) groups is 1. The van der Waals surface area contributed by atoms with Gasteiger partial charge in [-0.1, -0.05) is 29.3 Å². The Morgan fingerprint density at radius 3 is 2.50 bits per heavy atom. The molecule has 104 valence electrons. The zero-order valence-corrected chi connectivity index (χ0v) is 12.9. The van der Waals surface area contributed by atoms with Crippen molar-refractivity contribution in [2.45, 2.75) is 12.8 Å². The van der Waals surface area contributed by atoms with Gasteiger partial charge >= 0.3 is 0 Å². The minimum atomic E-state index is -0.215. The van der Waals surface area contributed by atoms with Crippen LogP contribution in [0.5, 0.6) is 0 Å². The number of aliphatic imine (C=N–C) groups is 1. The number of likely N-dealkylation sites (tertiary alicyclic amines) is 1. The van der Waals surface area contributed by atoms with Gasteiger partial charge in [0.2, 0.25) is 0 Å².